The Bertz CT molecular complexity index is 992. The number of nitrogens with one attached hydrogen (secondary N) is 2. The Hall–Kier alpha value is -2.34. The summed E-state index contributed by atoms with van der Waals surface area (Å²) in [6, 6.07) is 13.5. The van der Waals surface area contributed by atoms with Crippen molar-refractivity contribution in [1.29, 1.82) is 0 Å². The van der Waals surface area contributed by atoms with E-state index in [9.17, 15) is 0 Å². The Morgan fingerprint density at radius 1 is 1.00 bits per heavy atom. The summed E-state index contributed by atoms with van der Waals surface area (Å²) >= 11 is 15.5. The predicted molar refractivity (Wildman–Crippen MR) is 116 cm³/mol. The lowest BCUT2D eigenvalue weighted by Crippen LogP contribution is -1.80. The maximum absolute atomic E-state index is 6.21. The van der Waals surface area contributed by atoms with Crippen LogP contribution >= 0.6 is 39.1 Å². The third kappa shape index (κ3) is 5.82. The van der Waals surface area contributed by atoms with Crippen molar-refractivity contribution in [3.63, 3.8) is 0 Å². The molecule has 2 aromatic heterocycles. The predicted octanol–water partition coefficient (Wildman–Crippen LogP) is 6.73. The van der Waals surface area contributed by atoms with Crippen LogP contribution in [0.5, 0.6) is 0 Å². The summed E-state index contributed by atoms with van der Waals surface area (Å²) in [5.41, 5.74) is 2.84. The fourth-order valence-corrected chi connectivity index (χ4v) is 3.00. The van der Waals surface area contributed by atoms with Crippen molar-refractivity contribution in [2.24, 2.45) is 0 Å². The first-order valence-electron chi connectivity index (χ1n) is 7.98. The van der Waals surface area contributed by atoms with E-state index in [1.807, 2.05) is 42.5 Å². The molecule has 0 aliphatic heterocycles. The largest absolute Gasteiger partial charge is 0.351 e. The van der Waals surface area contributed by atoms with Gasteiger partial charge in [-0.1, -0.05) is 57.3 Å². The minimum atomic E-state index is 0.597. The first-order chi connectivity index (χ1) is 13.1. The highest BCUT2D eigenvalue weighted by molar-refractivity contribution is 9.10. The molecule has 4 rings (SSSR count). The van der Waals surface area contributed by atoms with Crippen LogP contribution in [0.15, 0.2) is 71.9 Å². The van der Waals surface area contributed by atoms with Gasteiger partial charge in [-0.3, -0.25) is 0 Å². The Morgan fingerprint density at radius 2 is 1.81 bits per heavy atom. The molecule has 4 aromatic rings. The van der Waals surface area contributed by atoms with Crippen LogP contribution < -0.4 is 0 Å². The summed E-state index contributed by atoms with van der Waals surface area (Å²) in [5, 5.41) is 1.21. The zero-order valence-electron chi connectivity index (χ0n) is 14.0. The molecule has 2 heterocycles. The Labute approximate surface area is 175 Å². The average molecular weight is 462 g/mol. The van der Waals surface area contributed by atoms with Crippen LogP contribution in [0.2, 0.25) is 10.0 Å². The average Bonchev–Trinajstić information content (AvgIpc) is 3.36. The van der Waals surface area contributed by atoms with Gasteiger partial charge in [-0.05, 0) is 42.0 Å². The van der Waals surface area contributed by atoms with Crippen LogP contribution in [0.25, 0.3) is 23.4 Å². The standard InChI is InChI=1S/C17H11BrCl2N2.C3H4N2/c18-12-4-1-11(2-5-12)3-8-17-21-10-16(22-17)14-7-6-13(19)9-15(14)20;1-2-5-3-4-1/h1-10H,(H,21,22);1-3H,(H,4,5)/b8-3+;. The molecule has 0 saturated carbocycles. The number of H-pyrrole nitrogens is 2. The molecule has 0 radical (unpaired) electrons. The molecule has 0 bridgehead atoms. The van der Waals surface area contributed by atoms with E-state index in [1.165, 1.54) is 0 Å². The maximum atomic E-state index is 6.21. The molecule has 0 atom stereocenters. The number of imidazole rings is 2. The van der Waals surface area contributed by atoms with Crippen molar-refractivity contribution in [2.45, 2.75) is 0 Å². The minimum Gasteiger partial charge on any atom is -0.351 e. The van der Waals surface area contributed by atoms with Gasteiger partial charge in [0.05, 0.1) is 23.2 Å². The second-order valence-corrected chi connectivity index (χ2v) is 7.21. The number of aromatic amines is 2. The molecule has 0 aliphatic rings. The van der Waals surface area contributed by atoms with Crippen molar-refractivity contribution in [3.8, 4) is 11.3 Å². The van der Waals surface area contributed by atoms with E-state index in [2.05, 4.69) is 35.9 Å². The monoisotopic (exact) mass is 460 g/mol. The molecule has 0 spiro atoms. The lowest BCUT2D eigenvalue weighted by molar-refractivity contribution is 1.27. The van der Waals surface area contributed by atoms with E-state index >= 15 is 0 Å². The normalized spacial score (nSPS) is 10.6. The topological polar surface area (TPSA) is 57.4 Å². The number of hydrogen-bond donors (Lipinski definition) is 2. The van der Waals surface area contributed by atoms with Gasteiger partial charge in [0.25, 0.3) is 0 Å². The van der Waals surface area contributed by atoms with E-state index in [-0.39, 0.29) is 0 Å². The van der Waals surface area contributed by atoms with Crippen LogP contribution in [0.3, 0.4) is 0 Å². The Balaban J connectivity index is 0.000000364. The SMILES string of the molecule is Clc1ccc(-c2cnc(/C=C/c3ccc(Br)cc3)[nH]2)c(Cl)c1.c1c[nH]cn1. The zero-order chi connectivity index (χ0) is 19.1. The molecule has 0 fully saturated rings. The Morgan fingerprint density at radius 3 is 2.44 bits per heavy atom. The van der Waals surface area contributed by atoms with Crippen molar-refractivity contribution >= 4 is 51.3 Å². The highest BCUT2D eigenvalue weighted by Gasteiger charge is 2.06. The second kappa shape index (κ2) is 9.55. The van der Waals surface area contributed by atoms with Crippen LogP contribution in [0.1, 0.15) is 11.4 Å². The lowest BCUT2D eigenvalue weighted by Gasteiger charge is -2.01. The van der Waals surface area contributed by atoms with Gasteiger partial charge in [0, 0.05) is 27.5 Å². The summed E-state index contributed by atoms with van der Waals surface area (Å²) < 4.78 is 1.06. The summed E-state index contributed by atoms with van der Waals surface area (Å²) in [7, 11) is 0. The highest BCUT2D eigenvalue weighted by Crippen LogP contribution is 2.29. The molecular weight excluding hydrogens is 447 g/mol. The third-order valence-corrected chi connectivity index (χ3v) is 4.60. The first-order valence-corrected chi connectivity index (χ1v) is 9.53. The molecule has 0 saturated heterocycles. The molecular formula is C20H15BrCl2N4. The smallest absolute Gasteiger partial charge is 0.130 e. The van der Waals surface area contributed by atoms with E-state index in [1.54, 1.807) is 37.1 Å². The van der Waals surface area contributed by atoms with Gasteiger partial charge < -0.3 is 9.97 Å². The minimum absolute atomic E-state index is 0.597. The number of hydrogen-bond acceptors (Lipinski definition) is 2. The van der Waals surface area contributed by atoms with Crippen LogP contribution in [-0.2, 0) is 0 Å². The molecule has 4 nitrogen and oxygen atoms in total. The van der Waals surface area contributed by atoms with Crippen LogP contribution in [0, 0.1) is 0 Å². The van der Waals surface area contributed by atoms with Gasteiger partial charge in [0.15, 0.2) is 0 Å². The molecule has 7 heteroatoms. The van der Waals surface area contributed by atoms with E-state index in [0.29, 0.717) is 10.0 Å². The fourth-order valence-electron chi connectivity index (χ4n) is 2.23. The number of benzene rings is 2. The second-order valence-electron chi connectivity index (χ2n) is 5.45. The maximum Gasteiger partial charge on any atom is 0.130 e. The van der Waals surface area contributed by atoms with Gasteiger partial charge in [-0.2, -0.15) is 0 Å². The molecule has 2 N–H and O–H groups in total. The molecule has 136 valence electrons. The third-order valence-electron chi connectivity index (χ3n) is 3.53. The molecule has 27 heavy (non-hydrogen) atoms. The molecule has 2 aromatic carbocycles. The van der Waals surface area contributed by atoms with Crippen molar-refractivity contribution < 1.29 is 0 Å². The summed E-state index contributed by atoms with van der Waals surface area (Å²) in [6.45, 7) is 0. The van der Waals surface area contributed by atoms with E-state index in [0.717, 1.165) is 27.1 Å². The van der Waals surface area contributed by atoms with Gasteiger partial charge in [-0.25, -0.2) is 9.97 Å². The molecule has 0 aliphatic carbocycles. The van der Waals surface area contributed by atoms with E-state index in [4.69, 9.17) is 23.2 Å². The number of halogens is 3. The molecule has 0 amide bonds. The number of rotatable bonds is 3. The van der Waals surface area contributed by atoms with Gasteiger partial charge >= 0.3 is 0 Å². The fraction of sp³-hybridized carbons (Fsp3) is 0. The van der Waals surface area contributed by atoms with Crippen LogP contribution in [-0.4, -0.2) is 19.9 Å². The summed E-state index contributed by atoms with van der Waals surface area (Å²) in [6.07, 6.45) is 10.8. The first kappa shape index (κ1) is 19.4. The number of nitrogens with zero attached hydrogens (tertiary/aromatic N) is 2. The Kier molecular flexibility index (Phi) is 6.87. The highest BCUT2D eigenvalue weighted by atomic mass is 79.9. The number of aromatic nitrogens is 4. The zero-order valence-corrected chi connectivity index (χ0v) is 17.1. The molecule has 0 unspecified atom stereocenters. The van der Waals surface area contributed by atoms with Crippen molar-refractivity contribution in [1.82, 2.24) is 19.9 Å². The quantitative estimate of drug-likeness (QED) is 0.355. The van der Waals surface area contributed by atoms with Gasteiger partial charge in [0.1, 0.15) is 5.82 Å². The van der Waals surface area contributed by atoms with E-state index < -0.39 is 0 Å². The van der Waals surface area contributed by atoms with Crippen molar-refractivity contribution in [3.05, 3.63) is 93.3 Å². The van der Waals surface area contributed by atoms with Crippen molar-refractivity contribution in [2.75, 3.05) is 0 Å². The van der Waals surface area contributed by atoms with Gasteiger partial charge in [-0.15, -0.1) is 0 Å². The van der Waals surface area contributed by atoms with Gasteiger partial charge in [0.2, 0.25) is 0 Å². The summed E-state index contributed by atoms with van der Waals surface area (Å²) in [5.74, 6) is 0.768. The van der Waals surface area contributed by atoms with Crippen LogP contribution in [0.4, 0.5) is 0 Å². The summed E-state index contributed by atoms with van der Waals surface area (Å²) in [4.78, 5) is 14.0. The lowest BCUT2D eigenvalue weighted by atomic mass is 10.2.